The average Bonchev–Trinajstić information content (AvgIpc) is 2.45. The molecule has 0 bridgehead atoms. The van der Waals surface area contributed by atoms with Crippen molar-refractivity contribution in [2.45, 2.75) is 20.0 Å². The third-order valence-electron chi connectivity index (χ3n) is 2.87. The van der Waals surface area contributed by atoms with Gasteiger partial charge in [0.1, 0.15) is 24.5 Å². The third-order valence-corrected chi connectivity index (χ3v) is 2.87. The van der Waals surface area contributed by atoms with Crippen molar-refractivity contribution in [1.82, 2.24) is 0 Å². The van der Waals surface area contributed by atoms with Crippen molar-refractivity contribution in [3.05, 3.63) is 65.0 Å². The molecule has 0 aliphatic rings. The zero-order chi connectivity index (χ0) is 13.7. The van der Waals surface area contributed by atoms with E-state index in [0.717, 1.165) is 12.0 Å². The Labute approximate surface area is 111 Å². The topological polar surface area (TPSA) is 26.3 Å². The molecule has 3 heteroatoms. The summed E-state index contributed by atoms with van der Waals surface area (Å²) < 4.78 is 18.7. The number of carbonyl (C=O) groups is 1. The van der Waals surface area contributed by atoms with Gasteiger partial charge in [-0.15, -0.1) is 0 Å². The monoisotopic (exact) mass is 258 g/mol. The second-order valence-corrected chi connectivity index (χ2v) is 4.30. The highest BCUT2D eigenvalue weighted by Gasteiger charge is 2.02. The SMILES string of the molecule is CCc1ccc(COc2cc(F)cc(C=O)c2)cc1. The van der Waals surface area contributed by atoms with E-state index >= 15 is 0 Å². The number of carbonyl (C=O) groups excluding carboxylic acids is 1. The molecule has 0 unspecified atom stereocenters. The first kappa shape index (κ1) is 13.3. The number of aryl methyl sites for hydroxylation is 1. The van der Waals surface area contributed by atoms with Crippen molar-refractivity contribution in [3.8, 4) is 5.75 Å². The number of hydrogen-bond acceptors (Lipinski definition) is 2. The first-order chi connectivity index (χ1) is 9.21. The maximum atomic E-state index is 13.2. The Bertz CT molecular complexity index is 561. The van der Waals surface area contributed by atoms with Gasteiger partial charge in [0.15, 0.2) is 0 Å². The fraction of sp³-hybridized carbons (Fsp3) is 0.188. The lowest BCUT2D eigenvalue weighted by molar-refractivity contribution is 0.112. The second-order valence-electron chi connectivity index (χ2n) is 4.30. The van der Waals surface area contributed by atoms with E-state index in [0.29, 0.717) is 18.6 Å². The first-order valence-corrected chi connectivity index (χ1v) is 6.17. The second kappa shape index (κ2) is 6.14. The maximum Gasteiger partial charge on any atom is 0.150 e. The summed E-state index contributed by atoms with van der Waals surface area (Å²) in [5.74, 6) is -0.109. The van der Waals surface area contributed by atoms with Gasteiger partial charge in [0.05, 0.1) is 0 Å². The lowest BCUT2D eigenvalue weighted by Gasteiger charge is -2.07. The van der Waals surface area contributed by atoms with E-state index in [1.165, 1.54) is 23.8 Å². The molecule has 0 heterocycles. The van der Waals surface area contributed by atoms with Crippen LogP contribution in [0.1, 0.15) is 28.4 Å². The molecule has 0 aliphatic heterocycles. The molecular weight excluding hydrogens is 243 g/mol. The Morgan fingerprint density at radius 3 is 2.42 bits per heavy atom. The van der Waals surface area contributed by atoms with Crippen molar-refractivity contribution in [2.24, 2.45) is 0 Å². The van der Waals surface area contributed by atoms with Gasteiger partial charge in [-0.3, -0.25) is 4.79 Å². The van der Waals surface area contributed by atoms with E-state index in [9.17, 15) is 9.18 Å². The summed E-state index contributed by atoms with van der Waals surface area (Å²) in [4.78, 5) is 10.6. The summed E-state index contributed by atoms with van der Waals surface area (Å²) >= 11 is 0. The molecule has 0 aliphatic carbocycles. The van der Waals surface area contributed by atoms with Crippen LogP contribution in [0.3, 0.4) is 0 Å². The molecule has 2 aromatic rings. The Kier molecular flexibility index (Phi) is 4.29. The fourth-order valence-corrected chi connectivity index (χ4v) is 1.77. The molecule has 0 atom stereocenters. The summed E-state index contributed by atoms with van der Waals surface area (Å²) in [7, 11) is 0. The highest BCUT2D eigenvalue weighted by atomic mass is 19.1. The molecule has 0 radical (unpaired) electrons. The molecule has 0 amide bonds. The largest absolute Gasteiger partial charge is 0.489 e. The van der Waals surface area contributed by atoms with Gasteiger partial charge in [-0.05, 0) is 29.7 Å². The molecule has 0 saturated carbocycles. The predicted molar refractivity (Wildman–Crippen MR) is 71.9 cm³/mol. The van der Waals surface area contributed by atoms with E-state index < -0.39 is 5.82 Å². The van der Waals surface area contributed by atoms with E-state index in [1.54, 1.807) is 0 Å². The highest BCUT2D eigenvalue weighted by Crippen LogP contribution is 2.17. The predicted octanol–water partition coefficient (Wildman–Crippen LogP) is 3.78. The minimum atomic E-state index is -0.471. The van der Waals surface area contributed by atoms with Crippen molar-refractivity contribution < 1.29 is 13.9 Å². The maximum absolute atomic E-state index is 13.2. The smallest absolute Gasteiger partial charge is 0.150 e. The Hall–Kier alpha value is -2.16. The molecule has 2 rings (SSSR count). The zero-order valence-corrected chi connectivity index (χ0v) is 10.7. The molecule has 98 valence electrons. The van der Waals surface area contributed by atoms with Crippen LogP contribution in [0, 0.1) is 5.82 Å². The normalized spacial score (nSPS) is 10.2. The van der Waals surface area contributed by atoms with Gasteiger partial charge in [-0.1, -0.05) is 31.2 Å². The van der Waals surface area contributed by atoms with E-state index in [1.807, 2.05) is 24.3 Å². The fourth-order valence-electron chi connectivity index (χ4n) is 1.77. The minimum Gasteiger partial charge on any atom is -0.489 e. The van der Waals surface area contributed by atoms with Gasteiger partial charge >= 0.3 is 0 Å². The lowest BCUT2D eigenvalue weighted by atomic mass is 10.1. The molecule has 0 aromatic heterocycles. The Morgan fingerprint density at radius 1 is 1.11 bits per heavy atom. The van der Waals surface area contributed by atoms with Crippen LogP contribution in [-0.2, 0) is 13.0 Å². The highest BCUT2D eigenvalue weighted by molar-refractivity contribution is 5.75. The van der Waals surface area contributed by atoms with Crippen LogP contribution < -0.4 is 4.74 Å². The van der Waals surface area contributed by atoms with Crippen LogP contribution in [-0.4, -0.2) is 6.29 Å². The first-order valence-electron chi connectivity index (χ1n) is 6.17. The number of halogens is 1. The van der Waals surface area contributed by atoms with Crippen LogP contribution in [0.4, 0.5) is 4.39 Å². The van der Waals surface area contributed by atoms with Gasteiger partial charge in [0.2, 0.25) is 0 Å². The van der Waals surface area contributed by atoms with Crippen LogP contribution in [0.15, 0.2) is 42.5 Å². The molecule has 0 fully saturated rings. The molecule has 2 aromatic carbocycles. The molecule has 19 heavy (non-hydrogen) atoms. The van der Waals surface area contributed by atoms with Crippen molar-refractivity contribution >= 4 is 6.29 Å². The standard InChI is InChI=1S/C16H15FO2/c1-2-12-3-5-13(6-4-12)11-19-16-8-14(10-18)7-15(17)9-16/h3-10H,2,11H2,1H3. The number of hydrogen-bond donors (Lipinski definition) is 0. The van der Waals surface area contributed by atoms with Gasteiger partial charge in [0.25, 0.3) is 0 Å². The molecular formula is C16H15FO2. The quantitative estimate of drug-likeness (QED) is 0.763. The molecule has 0 N–H and O–H groups in total. The van der Waals surface area contributed by atoms with Gasteiger partial charge in [-0.25, -0.2) is 4.39 Å². The van der Waals surface area contributed by atoms with Gasteiger partial charge in [0, 0.05) is 11.6 Å². The van der Waals surface area contributed by atoms with Crippen LogP contribution >= 0.6 is 0 Å². The van der Waals surface area contributed by atoms with Crippen molar-refractivity contribution in [2.75, 3.05) is 0 Å². The van der Waals surface area contributed by atoms with Crippen LogP contribution in [0.25, 0.3) is 0 Å². The average molecular weight is 258 g/mol. The molecule has 2 nitrogen and oxygen atoms in total. The summed E-state index contributed by atoms with van der Waals surface area (Å²) in [6.45, 7) is 2.45. The molecule has 0 spiro atoms. The van der Waals surface area contributed by atoms with Crippen LogP contribution in [0.2, 0.25) is 0 Å². The minimum absolute atomic E-state index is 0.274. The number of aldehydes is 1. The number of rotatable bonds is 5. The Balaban J connectivity index is 2.05. The summed E-state index contributed by atoms with van der Waals surface area (Å²) in [5.41, 5.74) is 2.54. The van der Waals surface area contributed by atoms with Crippen LogP contribution in [0.5, 0.6) is 5.75 Å². The van der Waals surface area contributed by atoms with Gasteiger partial charge < -0.3 is 4.74 Å². The van der Waals surface area contributed by atoms with E-state index in [-0.39, 0.29) is 5.56 Å². The third kappa shape index (κ3) is 3.65. The molecule has 0 saturated heterocycles. The van der Waals surface area contributed by atoms with Crippen molar-refractivity contribution in [1.29, 1.82) is 0 Å². The summed E-state index contributed by atoms with van der Waals surface area (Å²) in [6.07, 6.45) is 1.60. The lowest BCUT2D eigenvalue weighted by Crippen LogP contribution is -1.97. The van der Waals surface area contributed by atoms with E-state index in [2.05, 4.69) is 6.92 Å². The number of ether oxygens (including phenoxy) is 1. The number of benzene rings is 2. The Morgan fingerprint density at radius 2 is 1.79 bits per heavy atom. The van der Waals surface area contributed by atoms with Gasteiger partial charge in [-0.2, -0.15) is 0 Å². The zero-order valence-electron chi connectivity index (χ0n) is 10.7. The van der Waals surface area contributed by atoms with Crippen molar-refractivity contribution in [3.63, 3.8) is 0 Å². The summed E-state index contributed by atoms with van der Waals surface area (Å²) in [6, 6.07) is 12.0. The summed E-state index contributed by atoms with van der Waals surface area (Å²) in [5, 5.41) is 0. The van der Waals surface area contributed by atoms with E-state index in [4.69, 9.17) is 4.74 Å².